The molecule has 0 fully saturated rings. The van der Waals surface area contributed by atoms with Gasteiger partial charge in [0.25, 0.3) is 5.56 Å². The van der Waals surface area contributed by atoms with Gasteiger partial charge in [-0.25, -0.2) is 9.18 Å². The van der Waals surface area contributed by atoms with Crippen LogP contribution in [0.3, 0.4) is 0 Å². The average molecular weight is 328 g/mol. The van der Waals surface area contributed by atoms with Gasteiger partial charge in [0.15, 0.2) is 0 Å². The van der Waals surface area contributed by atoms with E-state index in [4.69, 9.17) is 4.74 Å². The zero-order valence-corrected chi connectivity index (χ0v) is 13.7. The number of pyridine rings is 1. The number of carbonyl (C=O) groups excluding carboxylic acids is 1. The molecule has 0 N–H and O–H groups in total. The molecule has 0 aliphatic rings. The van der Waals surface area contributed by atoms with Crippen LogP contribution in [0.25, 0.3) is 22.0 Å². The Hall–Kier alpha value is -2.89. The van der Waals surface area contributed by atoms with Crippen LogP contribution >= 0.6 is 0 Å². The second kappa shape index (κ2) is 5.96. The van der Waals surface area contributed by atoms with Crippen molar-refractivity contribution >= 4 is 16.9 Å². The van der Waals surface area contributed by atoms with Crippen molar-refractivity contribution in [3.8, 4) is 11.1 Å². The van der Waals surface area contributed by atoms with E-state index in [0.717, 1.165) is 0 Å². The van der Waals surface area contributed by atoms with Crippen LogP contribution in [0.2, 0.25) is 0 Å². The first-order chi connectivity index (χ1) is 11.5. The lowest BCUT2D eigenvalue weighted by Crippen LogP contribution is -2.26. The zero-order valence-electron chi connectivity index (χ0n) is 13.7. The van der Waals surface area contributed by atoms with Gasteiger partial charge >= 0.3 is 5.97 Å². The minimum atomic E-state index is -0.581. The fourth-order valence-electron chi connectivity index (χ4n) is 2.90. The van der Waals surface area contributed by atoms with Gasteiger partial charge in [-0.2, -0.15) is 0 Å². The topological polar surface area (TPSA) is 53.2 Å². The Balaban J connectivity index is 2.45. The van der Waals surface area contributed by atoms with Gasteiger partial charge in [-0.3, -0.25) is 4.79 Å². The minimum absolute atomic E-state index is 0.159. The van der Waals surface area contributed by atoms with Crippen LogP contribution in [0.1, 0.15) is 17.4 Å². The molecule has 24 heavy (non-hydrogen) atoms. The SMILES string of the molecule is CCOC(=O)c1c(-c2ccc(F)cc2)c2ccn(C)c2c(=O)n1C. The monoisotopic (exact) mass is 328 g/mol. The normalized spacial score (nSPS) is 11.0. The van der Waals surface area contributed by atoms with E-state index >= 15 is 0 Å². The van der Waals surface area contributed by atoms with Gasteiger partial charge in [0, 0.05) is 31.2 Å². The molecule has 3 rings (SSSR count). The summed E-state index contributed by atoms with van der Waals surface area (Å²) in [5.41, 5.74) is 1.56. The first-order valence-electron chi connectivity index (χ1n) is 7.56. The summed E-state index contributed by atoms with van der Waals surface area (Å²) in [5.74, 6) is -0.951. The lowest BCUT2D eigenvalue weighted by molar-refractivity contribution is 0.0515. The van der Waals surface area contributed by atoms with Gasteiger partial charge in [-0.15, -0.1) is 0 Å². The Bertz CT molecular complexity index is 984. The predicted octanol–water partition coefficient (Wildman–Crippen LogP) is 2.86. The van der Waals surface area contributed by atoms with Gasteiger partial charge in [-0.05, 0) is 30.7 Å². The second-order valence-corrected chi connectivity index (χ2v) is 5.50. The summed E-state index contributed by atoms with van der Waals surface area (Å²) in [4.78, 5) is 25.1. The number of nitrogens with zero attached hydrogens (tertiary/aromatic N) is 2. The summed E-state index contributed by atoms with van der Waals surface area (Å²) >= 11 is 0. The summed E-state index contributed by atoms with van der Waals surface area (Å²) in [7, 11) is 3.30. The Kier molecular flexibility index (Phi) is 3.97. The number of esters is 1. The van der Waals surface area contributed by atoms with Crippen molar-refractivity contribution in [2.75, 3.05) is 6.61 Å². The van der Waals surface area contributed by atoms with Crippen LogP contribution in [-0.4, -0.2) is 21.7 Å². The van der Waals surface area contributed by atoms with Crippen LogP contribution in [0.15, 0.2) is 41.3 Å². The largest absolute Gasteiger partial charge is 0.461 e. The van der Waals surface area contributed by atoms with Crippen molar-refractivity contribution in [2.45, 2.75) is 6.92 Å². The molecule has 6 heteroatoms. The molecule has 124 valence electrons. The van der Waals surface area contributed by atoms with Crippen LogP contribution in [0.5, 0.6) is 0 Å². The van der Waals surface area contributed by atoms with Crippen LogP contribution in [0.4, 0.5) is 4.39 Å². The first-order valence-corrected chi connectivity index (χ1v) is 7.56. The van der Waals surface area contributed by atoms with Crippen molar-refractivity contribution in [1.82, 2.24) is 9.13 Å². The van der Waals surface area contributed by atoms with Crippen LogP contribution in [-0.2, 0) is 18.8 Å². The molecule has 5 nitrogen and oxygen atoms in total. The highest BCUT2D eigenvalue weighted by molar-refractivity contribution is 6.06. The minimum Gasteiger partial charge on any atom is -0.461 e. The predicted molar refractivity (Wildman–Crippen MR) is 89.5 cm³/mol. The highest BCUT2D eigenvalue weighted by atomic mass is 19.1. The fourth-order valence-corrected chi connectivity index (χ4v) is 2.90. The molecule has 0 amide bonds. The lowest BCUT2D eigenvalue weighted by atomic mass is 9.99. The number of aryl methyl sites for hydroxylation is 1. The van der Waals surface area contributed by atoms with Crippen molar-refractivity contribution in [1.29, 1.82) is 0 Å². The molecule has 2 heterocycles. The summed E-state index contributed by atoms with van der Waals surface area (Å²) in [6.45, 7) is 1.90. The molecule has 1 aromatic carbocycles. The summed E-state index contributed by atoms with van der Waals surface area (Å²) < 4.78 is 21.4. The summed E-state index contributed by atoms with van der Waals surface area (Å²) in [6.07, 6.45) is 1.76. The number of fused-ring (bicyclic) bond motifs is 1. The molecule has 0 saturated carbocycles. The van der Waals surface area contributed by atoms with E-state index in [2.05, 4.69) is 0 Å². The molecular formula is C18H17FN2O3. The number of rotatable bonds is 3. The van der Waals surface area contributed by atoms with E-state index in [0.29, 0.717) is 22.0 Å². The molecule has 0 radical (unpaired) electrons. The van der Waals surface area contributed by atoms with E-state index < -0.39 is 5.97 Å². The van der Waals surface area contributed by atoms with Gasteiger partial charge in [0.2, 0.25) is 0 Å². The lowest BCUT2D eigenvalue weighted by Gasteiger charge is -2.15. The number of hydrogen-bond acceptors (Lipinski definition) is 3. The third-order valence-corrected chi connectivity index (χ3v) is 4.02. The van der Waals surface area contributed by atoms with Gasteiger partial charge in [0.1, 0.15) is 17.0 Å². The maximum Gasteiger partial charge on any atom is 0.355 e. The van der Waals surface area contributed by atoms with E-state index in [1.165, 1.54) is 23.7 Å². The molecule has 2 aromatic heterocycles. The fraction of sp³-hybridized carbons (Fsp3) is 0.222. The Morgan fingerprint density at radius 2 is 1.83 bits per heavy atom. The Labute approximate surface area is 137 Å². The molecule has 0 aliphatic carbocycles. The highest BCUT2D eigenvalue weighted by Gasteiger charge is 2.24. The van der Waals surface area contributed by atoms with Crippen molar-refractivity contribution in [2.24, 2.45) is 14.1 Å². The van der Waals surface area contributed by atoms with Gasteiger partial charge in [-0.1, -0.05) is 12.1 Å². The van der Waals surface area contributed by atoms with E-state index in [-0.39, 0.29) is 23.7 Å². The van der Waals surface area contributed by atoms with E-state index in [1.54, 1.807) is 42.9 Å². The number of ether oxygens (including phenoxy) is 1. The summed E-state index contributed by atoms with van der Waals surface area (Å²) in [5, 5.41) is 0.635. The molecule has 0 spiro atoms. The molecule has 0 unspecified atom stereocenters. The molecular weight excluding hydrogens is 311 g/mol. The molecule has 0 aliphatic heterocycles. The number of aromatic nitrogens is 2. The Morgan fingerprint density at radius 1 is 1.17 bits per heavy atom. The maximum absolute atomic E-state index is 13.3. The Morgan fingerprint density at radius 3 is 2.46 bits per heavy atom. The smallest absolute Gasteiger partial charge is 0.355 e. The highest BCUT2D eigenvalue weighted by Crippen LogP contribution is 2.31. The molecule has 0 bridgehead atoms. The van der Waals surface area contributed by atoms with E-state index in [9.17, 15) is 14.0 Å². The molecule has 0 saturated heterocycles. The number of carbonyl (C=O) groups is 1. The van der Waals surface area contributed by atoms with Gasteiger partial charge in [0.05, 0.1) is 6.61 Å². The molecule has 0 atom stereocenters. The third kappa shape index (κ3) is 2.40. The zero-order chi connectivity index (χ0) is 17.4. The van der Waals surface area contributed by atoms with Crippen molar-refractivity contribution < 1.29 is 13.9 Å². The standard InChI is InChI=1S/C18H17FN2O3/c1-4-24-18(23)16-14(11-5-7-12(19)8-6-11)13-9-10-20(2)15(13)17(22)21(16)3/h5-10H,4H2,1-3H3. The van der Waals surface area contributed by atoms with Crippen molar-refractivity contribution in [3.05, 3.63) is 58.4 Å². The third-order valence-electron chi connectivity index (χ3n) is 4.02. The molecule has 3 aromatic rings. The quantitative estimate of drug-likeness (QED) is 0.695. The van der Waals surface area contributed by atoms with E-state index in [1.807, 2.05) is 0 Å². The second-order valence-electron chi connectivity index (χ2n) is 5.50. The summed E-state index contributed by atoms with van der Waals surface area (Å²) in [6, 6.07) is 7.60. The average Bonchev–Trinajstić information content (AvgIpc) is 2.93. The van der Waals surface area contributed by atoms with Crippen LogP contribution in [0, 0.1) is 5.82 Å². The number of hydrogen-bond donors (Lipinski definition) is 0. The maximum atomic E-state index is 13.3. The van der Waals surface area contributed by atoms with Gasteiger partial charge < -0.3 is 13.9 Å². The van der Waals surface area contributed by atoms with Crippen LogP contribution < -0.4 is 5.56 Å². The first kappa shape index (κ1) is 16.0. The number of halogens is 1. The number of benzene rings is 1. The van der Waals surface area contributed by atoms with Crippen molar-refractivity contribution in [3.63, 3.8) is 0 Å².